The number of aliphatic carboxylic acids is 2. The first-order chi connectivity index (χ1) is 31.3. The average Bonchev–Trinajstić information content (AvgIpc) is 3.28. The molecule has 3 aromatic rings. The second kappa shape index (κ2) is 26.3. The maximum absolute atomic E-state index is 13.9. The van der Waals surface area contributed by atoms with Gasteiger partial charge in [-0.1, -0.05) is 72.8 Å². The third kappa shape index (κ3) is 17.2. The van der Waals surface area contributed by atoms with E-state index in [0.717, 1.165) is 0 Å². The van der Waals surface area contributed by atoms with E-state index in [1.807, 2.05) is 5.32 Å². The van der Waals surface area contributed by atoms with E-state index in [1.165, 1.54) is 31.2 Å². The number of hydrogen-bond acceptors (Lipinski definition) is 14. The molecule has 0 bridgehead atoms. The van der Waals surface area contributed by atoms with Gasteiger partial charge in [-0.15, -0.1) is 0 Å². The van der Waals surface area contributed by atoms with Crippen molar-refractivity contribution in [1.82, 2.24) is 37.2 Å². The maximum atomic E-state index is 13.9. The first kappa shape index (κ1) is 52.9. The number of carbonyl (C=O) groups excluding carboxylic acids is 7. The SMILES string of the molecule is C[C@@H](O)[C@H](NC(=O)[C@H](Cc1ccccc1)NC(=O)CN)C(=O)N[C@@H](Cc1ccccc1)C(=O)N[C@@H](CO)C(=O)N[C@@H](CO)C(=O)N[C@@H](Cc1ccc(O)cc1)C(=O)N[C@@H](CC(=O)O)C(=O)O. The highest BCUT2D eigenvalue weighted by atomic mass is 16.4. The molecular formula is C43H54N8O15. The molecule has 23 nitrogen and oxygen atoms in total. The summed E-state index contributed by atoms with van der Waals surface area (Å²) >= 11 is 0. The largest absolute Gasteiger partial charge is 0.508 e. The lowest BCUT2D eigenvalue weighted by Gasteiger charge is -2.28. The van der Waals surface area contributed by atoms with Crippen molar-refractivity contribution in [2.75, 3.05) is 19.8 Å². The van der Waals surface area contributed by atoms with Crippen LogP contribution in [0.1, 0.15) is 30.0 Å². The van der Waals surface area contributed by atoms with Crippen LogP contribution in [-0.4, -0.2) is 152 Å². The highest BCUT2D eigenvalue weighted by Gasteiger charge is 2.35. The summed E-state index contributed by atoms with van der Waals surface area (Å²) in [5.74, 6) is -10.7. The van der Waals surface area contributed by atoms with Crippen LogP contribution < -0.4 is 43.0 Å². The molecule has 23 heteroatoms. The number of aromatic hydroxyl groups is 1. The summed E-state index contributed by atoms with van der Waals surface area (Å²) in [6, 6.07) is 10.2. The Kier molecular flexibility index (Phi) is 21.1. The number of carboxylic acid groups (broad SMARTS) is 2. The summed E-state index contributed by atoms with van der Waals surface area (Å²) in [6.45, 7) is -1.48. The van der Waals surface area contributed by atoms with Crippen LogP contribution in [0.25, 0.3) is 0 Å². The molecule has 7 amide bonds. The van der Waals surface area contributed by atoms with Crippen molar-refractivity contribution in [3.05, 3.63) is 102 Å². The zero-order valence-electron chi connectivity index (χ0n) is 35.6. The highest BCUT2D eigenvalue weighted by molar-refractivity contribution is 5.98. The first-order valence-corrected chi connectivity index (χ1v) is 20.4. The van der Waals surface area contributed by atoms with Crippen LogP contribution >= 0.6 is 0 Å². The molecule has 0 aromatic heterocycles. The molecule has 0 fully saturated rings. The molecule has 8 atom stereocenters. The van der Waals surface area contributed by atoms with Gasteiger partial charge in [0.1, 0.15) is 48.0 Å². The van der Waals surface area contributed by atoms with Crippen molar-refractivity contribution in [2.24, 2.45) is 5.73 Å². The van der Waals surface area contributed by atoms with E-state index in [4.69, 9.17) is 10.8 Å². The monoisotopic (exact) mass is 922 g/mol. The third-order valence-corrected chi connectivity index (χ3v) is 9.73. The Labute approximate surface area is 377 Å². The van der Waals surface area contributed by atoms with Crippen LogP contribution in [0.4, 0.5) is 0 Å². The summed E-state index contributed by atoms with van der Waals surface area (Å²) in [6.07, 6.45) is -3.20. The van der Waals surface area contributed by atoms with Gasteiger partial charge in [0.05, 0.1) is 32.3 Å². The predicted octanol–water partition coefficient (Wildman–Crippen LogP) is -4.30. The normalized spacial score (nSPS) is 14.5. The fourth-order valence-electron chi connectivity index (χ4n) is 6.22. The third-order valence-electron chi connectivity index (χ3n) is 9.73. The number of rotatable bonds is 26. The van der Waals surface area contributed by atoms with Crippen molar-refractivity contribution >= 4 is 53.3 Å². The fourth-order valence-corrected chi connectivity index (χ4v) is 6.22. The smallest absolute Gasteiger partial charge is 0.326 e. The van der Waals surface area contributed by atoms with E-state index >= 15 is 0 Å². The van der Waals surface area contributed by atoms with Gasteiger partial charge in [0.15, 0.2) is 0 Å². The molecule has 356 valence electrons. The Bertz CT molecular complexity index is 2140. The molecule has 0 unspecified atom stereocenters. The van der Waals surface area contributed by atoms with Gasteiger partial charge < -0.3 is 73.6 Å². The summed E-state index contributed by atoms with van der Waals surface area (Å²) in [5.41, 5.74) is 6.91. The number of nitrogens with one attached hydrogen (secondary N) is 7. The van der Waals surface area contributed by atoms with E-state index < -0.39 is 128 Å². The lowest BCUT2D eigenvalue weighted by molar-refractivity contribution is -0.147. The molecule has 0 heterocycles. The van der Waals surface area contributed by atoms with Crippen LogP contribution in [0.15, 0.2) is 84.9 Å². The number of carboxylic acids is 2. The van der Waals surface area contributed by atoms with Gasteiger partial charge in [0.2, 0.25) is 41.4 Å². The summed E-state index contributed by atoms with van der Waals surface area (Å²) in [7, 11) is 0. The number of aliphatic hydroxyl groups is 3. The molecule has 0 saturated heterocycles. The van der Waals surface area contributed by atoms with Crippen molar-refractivity contribution in [3.63, 3.8) is 0 Å². The van der Waals surface area contributed by atoms with Crippen molar-refractivity contribution < 1.29 is 73.8 Å². The van der Waals surface area contributed by atoms with Gasteiger partial charge >= 0.3 is 11.9 Å². The zero-order chi connectivity index (χ0) is 48.9. The topological polar surface area (TPSA) is 385 Å². The minimum Gasteiger partial charge on any atom is -0.508 e. The van der Waals surface area contributed by atoms with Crippen molar-refractivity contribution in [1.29, 1.82) is 0 Å². The van der Waals surface area contributed by atoms with Crippen LogP contribution in [0, 0.1) is 0 Å². The van der Waals surface area contributed by atoms with Gasteiger partial charge in [-0.3, -0.25) is 38.4 Å². The molecule has 0 saturated carbocycles. The second-order valence-corrected chi connectivity index (χ2v) is 14.9. The lowest BCUT2D eigenvalue weighted by atomic mass is 10.0. The van der Waals surface area contributed by atoms with Crippen LogP contribution in [0.2, 0.25) is 0 Å². The molecule has 0 aliphatic rings. The Balaban J connectivity index is 1.81. The number of carbonyl (C=O) groups is 9. The van der Waals surface area contributed by atoms with Crippen molar-refractivity contribution in [2.45, 2.75) is 81.0 Å². The number of nitrogens with two attached hydrogens (primary N) is 1. The molecule has 3 aromatic carbocycles. The molecule has 0 spiro atoms. The summed E-state index contributed by atoms with van der Waals surface area (Å²) in [5, 5.41) is 75.2. The Hall–Kier alpha value is -7.47. The fraction of sp³-hybridized carbons (Fsp3) is 0.372. The Morgan fingerprint density at radius 1 is 0.500 bits per heavy atom. The van der Waals surface area contributed by atoms with E-state index in [1.54, 1.807) is 60.7 Å². The number of hydrogen-bond donors (Lipinski definition) is 14. The molecule has 15 N–H and O–H groups in total. The van der Waals surface area contributed by atoms with Crippen LogP contribution in [0.5, 0.6) is 5.75 Å². The Morgan fingerprint density at radius 3 is 1.26 bits per heavy atom. The Morgan fingerprint density at radius 2 is 0.864 bits per heavy atom. The number of phenols is 1. The van der Waals surface area contributed by atoms with Crippen molar-refractivity contribution in [3.8, 4) is 5.75 Å². The van der Waals surface area contributed by atoms with Gasteiger partial charge in [-0.05, 0) is 35.7 Å². The van der Waals surface area contributed by atoms with Crippen LogP contribution in [0.3, 0.4) is 0 Å². The first-order valence-electron chi connectivity index (χ1n) is 20.4. The molecule has 0 radical (unpaired) electrons. The van der Waals surface area contributed by atoms with E-state index in [2.05, 4.69) is 31.9 Å². The zero-order valence-corrected chi connectivity index (χ0v) is 35.6. The number of aliphatic hydroxyl groups excluding tert-OH is 3. The molecule has 0 aliphatic carbocycles. The average molecular weight is 923 g/mol. The van der Waals surface area contributed by atoms with E-state index in [9.17, 15) is 68.7 Å². The summed E-state index contributed by atoms with van der Waals surface area (Å²) < 4.78 is 0. The predicted molar refractivity (Wildman–Crippen MR) is 230 cm³/mol. The van der Waals surface area contributed by atoms with Gasteiger partial charge in [-0.2, -0.15) is 0 Å². The van der Waals surface area contributed by atoms with Gasteiger partial charge in [-0.25, -0.2) is 4.79 Å². The second-order valence-electron chi connectivity index (χ2n) is 14.9. The quantitative estimate of drug-likeness (QED) is 0.0362. The number of phenolic OH excluding ortho intramolecular Hbond substituents is 1. The molecule has 0 aliphatic heterocycles. The van der Waals surface area contributed by atoms with E-state index in [0.29, 0.717) is 16.7 Å². The van der Waals surface area contributed by atoms with E-state index in [-0.39, 0.29) is 25.0 Å². The van der Waals surface area contributed by atoms with Gasteiger partial charge in [0, 0.05) is 19.3 Å². The number of benzene rings is 3. The molecular weight excluding hydrogens is 869 g/mol. The van der Waals surface area contributed by atoms with Gasteiger partial charge in [0.25, 0.3) is 0 Å². The maximum Gasteiger partial charge on any atom is 0.326 e. The molecule has 3 rings (SSSR count). The minimum atomic E-state index is -1.92. The standard InChI is InChI=1S/C43H54N8O15/c1-23(54)36(51-39(61)28(45-34(56)20-44)16-24-8-4-2-5-9-24)42(64)47-30(17-25-10-6-3-7-11-25)38(60)49-33(22-53)41(63)50-32(21-52)40(62)46-29(18-26-12-14-27(55)15-13-26)37(59)48-31(43(65)66)19-35(57)58/h2-15,23,28-33,36,52-55H,16-22,44H2,1H3,(H,45,56)(H,46,62)(H,47,64)(H,48,59)(H,49,60)(H,50,63)(H,51,61)(H,57,58)(H,65,66)/t23-,28+,29+,30+,31+,32+,33+,36+/m1/s1. The highest BCUT2D eigenvalue weighted by Crippen LogP contribution is 2.13. The van der Waals surface area contributed by atoms with Crippen LogP contribution in [-0.2, 0) is 62.4 Å². The number of amides is 7. The summed E-state index contributed by atoms with van der Waals surface area (Å²) in [4.78, 5) is 116. The molecule has 66 heavy (non-hydrogen) atoms. The lowest BCUT2D eigenvalue weighted by Crippen LogP contribution is -2.62. The minimum absolute atomic E-state index is 0.0213.